The number of aromatic nitrogens is 1. The highest BCUT2D eigenvalue weighted by Crippen LogP contribution is 2.33. The Balaban J connectivity index is 1.80. The third-order valence-electron chi connectivity index (χ3n) is 4.07. The van der Waals surface area contributed by atoms with E-state index in [2.05, 4.69) is 4.99 Å². The van der Waals surface area contributed by atoms with Crippen LogP contribution in [0, 0.1) is 0 Å². The van der Waals surface area contributed by atoms with Crippen molar-refractivity contribution >= 4 is 39.1 Å². The molecule has 0 atom stereocenters. The van der Waals surface area contributed by atoms with Crippen molar-refractivity contribution in [3.05, 3.63) is 45.7 Å². The van der Waals surface area contributed by atoms with Crippen LogP contribution < -0.4 is 19.0 Å². The predicted octanol–water partition coefficient (Wildman–Crippen LogP) is 3.41. The second-order valence-electron chi connectivity index (χ2n) is 5.65. The fourth-order valence-corrected chi connectivity index (χ4v) is 4.10. The predicted molar refractivity (Wildman–Crippen MR) is 99.7 cm³/mol. The number of methoxy groups -OCH3 is 1. The van der Waals surface area contributed by atoms with Crippen LogP contribution >= 0.6 is 22.9 Å². The van der Waals surface area contributed by atoms with Crippen molar-refractivity contribution in [1.82, 2.24) is 4.57 Å². The molecule has 4 rings (SSSR count). The van der Waals surface area contributed by atoms with Gasteiger partial charge in [0.2, 0.25) is 0 Å². The van der Waals surface area contributed by atoms with E-state index in [-0.39, 0.29) is 5.91 Å². The minimum absolute atomic E-state index is 0.362. The number of thiazole rings is 1. The number of rotatable bonds is 2. The highest BCUT2D eigenvalue weighted by atomic mass is 35.5. The van der Waals surface area contributed by atoms with Crippen molar-refractivity contribution in [2.75, 3.05) is 20.3 Å². The van der Waals surface area contributed by atoms with Gasteiger partial charge in [-0.05, 0) is 30.3 Å². The maximum absolute atomic E-state index is 12.6. The summed E-state index contributed by atoms with van der Waals surface area (Å²) in [5.41, 5.74) is 1.24. The Morgan fingerprint density at radius 2 is 2.00 bits per heavy atom. The van der Waals surface area contributed by atoms with Gasteiger partial charge in [-0.3, -0.25) is 4.79 Å². The van der Waals surface area contributed by atoms with Gasteiger partial charge in [0.25, 0.3) is 5.91 Å². The number of fused-ring (bicyclic) bond motifs is 2. The lowest BCUT2D eigenvalue weighted by Gasteiger charge is -2.18. The monoisotopic (exact) mass is 390 g/mol. The largest absolute Gasteiger partial charge is 0.495 e. The zero-order chi connectivity index (χ0) is 18.3. The minimum atomic E-state index is -0.362. The van der Waals surface area contributed by atoms with Crippen LogP contribution in [0.1, 0.15) is 10.4 Å². The average molecular weight is 391 g/mol. The molecule has 1 aliphatic rings. The molecule has 1 aliphatic heterocycles. The Bertz CT molecular complexity index is 1090. The van der Waals surface area contributed by atoms with Gasteiger partial charge >= 0.3 is 0 Å². The minimum Gasteiger partial charge on any atom is -0.495 e. The number of nitrogens with zero attached hydrogens (tertiary/aromatic N) is 2. The molecule has 0 saturated carbocycles. The van der Waals surface area contributed by atoms with Crippen LogP contribution in [0.3, 0.4) is 0 Å². The van der Waals surface area contributed by atoms with E-state index in [0.29, 0.717) is 45.8 Å². The fourth-order valence-electron chi connectivity index (χ4n) is 2.79. The van der Waals surface area contributed by atoms with E-state index in [1.54, 1.807) is 42.0 Å². The Labute approximate surface area is 158 Å². The number of hydrogen-bond acceptors (Lipinski definition) is 5. The Morgan fingerprint density at radius 3 is 2.77 bits per heavy atom. The van der Waals surface area contributed by atoms with E-state index in [9.17, 15) is 4.79 Å². The van der Waals surface area contributed by atoms with Crippen LogP contribution in [-0.2, 0) is 7.05 Å². The van der Waals surface area contributed by atoms with Gasteiger partial charge in [0.15, 0.2) is 16.3 Å². The van der Waals surface area contributed by atoms with E-state index in [0.717, 1.165) is 10.2 Å². The summed E-state index contributed by atoms with van der Waals surface area (Å²) in [6, 6.07) is 8.62. The highest BCUT2D eigenvalue weighted by molar-refractivity contribution is 7.17. The van der Waals surface area contributed by atoms with E-state index in [1.807, 2.05) is 7.05 Å². The van der Waals surface area contributed by atoms with Crippen molar-refractivity contribution in [1.29, 1.82) is 0 Å². The normalized spacial score (nSPS) is 13.9. The molecular weight excluding hydrogens is 376 g/mol. The number of halogens is 1. The van der Waals surface area contributed by atoms with Crippen LogP contribution in [0.15, 0.2) is 35.3 Å². The molecule has 0 fully saturated rings. The second-order valence-corrected chi connectivity index (χ2v) is 7.03. The van der Waals surface area contributed by atoms with Gasteiger partial charge in [0.1, 0.15) is 24.5 Å². The third kappa shape index (κ3) is 2.83. The first kappa shape index (κ1) is 16.9. The van der Waals surface area contributed by atoms with Gasteiger partial charge in [0, 0.05) is 12.6 Å². The summed E-state index contributed by atoms with van der Waals surface area (Å²) in [5.74, 6) is 1.51. The maximum atomic E-state index is 12.6. The molecule has 0 radical (unpaired) electrons. The number of carbonyl (C=O) groups excluding carboxylic acids is 1. The Morgan fingerprint density at radius 1 is 1.23 bits per heavy atom. The van der Waals surface area contributed by atoms with Crippen LogP contribution in [-0.4, -0.2) is 30.8 Å². The van der Waals surface area contributed by atoms with Crippen LogP contribution in [0.4, 0.5) is 0 Å². The fraction of sp³-hybridized carbons (Fsp3) is 0.222. The molecule has 26 heavy (non-hydrogen) atoms. The summed E-state index contributed by atoms with van der Waals surface area (Å²) in [6.45, 7) is 0.968. The molecule has 8 heteroatoms. The van der Waals surface area contributed by atoms with Gasteiger partial charge < -0.3 is 18.8 Å². The highest BCUT2D eigenvalue weighted by Gasteiger charge is 2.16. The van der Waals surface area contributed by atoms with Gasteiger partial charge in [-0.1, -0.05) is 22.9 Å². The maximum Gasteiger partial charge on any atom is 0.279 e. The van der Waals surface area contributed by atoms with Gasteiger partial charge in [-0.15, -0.1) is 0 Å². The number of carbonyl (C=O) groups is 1. The second kappa shape index (κ2) is 6.66. The molecule has 0 bridgehead atoms. The summed E-state index contributed by atoms with van der Waals surface area (Å²) in [5, 5.41) is 0.592. The topological polar surface area (TPSA) is 62.1 Å². The lowest BCUT2D eigenvalue weighted by atomic mass is 10.2. The quantitative estimate of drug-likeness (QED) is 0.672. The van der Waals surface area contributed by atoms with Gasteiger partial charge in [0.05, 0.1) is 16.8 Å². The smallest absolute Gasteiger partial charge is 0.279 e. The van der Waals surface area contributed by atoms with Crippen LogP contribution in [0.2, 0.25) is 5.02 Å². The summed E-state index contributed by atoms with van der Waals surface area (Å²) in [7, 11) is 3.42. The molecule has 1 aromatic heterocycles. The Hall–Kier alpha value is -2.51. The van der Waals surface area contributed by atoms with Crippen LogP contribution in [0.5, 0.6) is 17.2 Å². The number of aryl methyl sites for hydroxylation is 1. The first-order valence-electron chi connectivity index (χ1n) is 7.89. The molecule has 0 saturated heterocycles. The van der Waals surface area contributed by atoms with Crippen molar-refractivity contribution in [2.24, 2.45) is 12.0 Å². The first-order valence-corrected chi connectivity index (χ1v) is 9.08. The van der Waals surface area contributed by atoms with Crippen molar-refractivity contribution in [3.8, 4) is 17.2 Å². The van der Waals surface area contributed by atoms with Gasteiger partial charge in [-0.25, -0.2) is 0 Å². The molecule has 0 aliphatic carbocycles. The van der Waals surface area contributed by atoms with E-state index in [4.69, 9.17) is 25.8 Å². The molecular formula is C18H15ClN2O4S. The molecule has 0 N–H and O–H groups in total. The van der Waals surface area contributed by atoms with E-state index in [1.165, 1.54) is 11.3 Å². The zero-order valence-electron chi connectivity index (χ0n) is 14.1. The average Bonchev–Trinajstić information content (AvgIpc) is 2.99. The SMILES string of the molecule is COc1ccc(Cl)c2sc(=NC(=O)c3ccc4c(c3)OCCO4)n(C)c12. The van der Waals surface area contributed by atoms with Crippen molar-refractivity contribution < 1.29 is 19.0 Å². The molecule has 134 valence electrons. The molecule has 0 unspecified atom stereocenters. The number of hydrogen-bond donors (Lipinski definition) is 0. The number of amides is 1. The van der Waals surface area contributed by atoms with Crippen LogP contribution in [0.25, 0.3) is 10.2 Å². The summed E-state index contributed by atoms with van der Waals surface area (Å²) in [4.78, 5) is 17.4. The standard InChI is InChI=1S/C18H15ClN2O4S/c1-21-15-13(23-2)6-4-11(19)16(15)26-18(21)20-17(22)10-3-5-12-14(9-10)25-8-7-24-12/h3-6,9H,7-8H2,1-2H3. The molecule has 6 nitrogen and oxygen atoms in total. The van der Waals surface area contributed by atoms with E-state index >= 15 is 0 Å². The number of ether oxygens (including phenoxy) is 3. The van der Waals surface area contributed by atoms with E-state index < -0.39 is 0 Å². The molecule has 3 aromatic rings. The first-order chi connectivity index (χ1) is 12.6. The lowest BCUT2D eigenvalue weighted by Crippen LogP contribution is -2.16. The van der Waals surface area contributed by atoms with Crippen molar-refractivity contribution in [2.45, 2.75) is 0 Å². The summed E-state index contributed by atoms with van der Waals surface area (Å²) in [6.07, 6.45) is 0. The van der Waals surface area contributed by atoms with Gasteiger partial charge in [-0.2, -0.15) is 4.99 Å². The Kier molecular flexibility index (Phi) is 4.34. The zero-order valence-corrected chi connectivity index (χ0v) is 15.7. The third-order valence-corrected chi connectivity index (χ3v) is 5.66. The molecule has 0 spiro atoms. The molecule has 2 aromatic carbocycles. The molecule has 1 amide bonds. The summed E-state index contributed by atoms with van der Waals surface area (Å²) >= 11 is 7.63. The van der Waals surface area contributed by atoms with Crippen molar-refractivity contribution in [3.63, 3.8) is 0 Å². The molecule has 2 heterocycles. The lowest BCUT2D eigenvalue weighted by molar-refractivity contribution is 0.0996. The summed E-state index contributed by atoms with van der Waals surface area (Å²) < 4.78 is 19.0. The number of benzene rings is 2.